The Balaban J connectivity index is 0.000000551. The molecule has 1 aromatic carbocycles. The Morgan fingerprint density at radius 1 is 0.906 bits per heavy atom. The molecule has 4 heterocycles. The highest BCUT2D eigenvalue weighted by molar-refractivity contribution is 6.03. The fourth-order valence-corrected chi connectivity index (χ4v) is 4.31. The average Bonchev–Trinajstić information content (AvgIpc) is 3.72. The zero-order valence-electron chi connectivity index (χ0n) is 27.2. The Bertz CT molecular complexity index is 1720. The SMILES string of the molecule is CCCc1ccc(C(=O)Nc2cn3nc(N4CCCC4c4ccccn4)ccc3n2)cc1.FC(F)(F)C(F)(F)F.O=C(O)C(F)(F)F.O=CO.O=CO. The molecule has 1 unspecified atom stereocenters. The summed E-state index contributed by atoms with van der Waals surface area (Å²) < 4.78 is 96.1. The molecule has 0 aliphatic carbocycles. The summed E-state index contributed by atoms with van der Waals surface area (Å²) in [5.74, 6) is -1.56. The molecule has 53 heavy (non-hydrogen) atoms. The number of halogens is 9. The fourth-order valence-electron chi connectivity index (χ4n) is 4.31. The number of carbonyl (C=O) groups is 4. The number of carboxylic acid groups (broad SMARTS) is 3. The number of aryl methyl sites for hydroxylation is 1. The number of anilines is 2. The topological polar surface area (TPSA) is 187 Å². The van der Waals surface area contributed by atoms with Crippen molar-refractivity contribution in [3.8, 4) is 0 Å². The third kappa shape index (κ3) is 15.0. The molecule has 1 aliphatic heterocycles. The maximum Gasteiger partial charge on any atom is 0.490 e. The van der Waals surface area contributed by atoms with Gasteiger partial charge < -0.3 is 25.5 Å². The second-order valence-electron chi connectivity index (χ2n) is 10.1. The van der Waals surface area contributed by atoms with E-state index in [0.29, 0.717) is 17.0 Å². The number of hydrogen-bond acceptors (Lipinski definition) is 8. The summed E-state index contributed by atoms with van der Waals surface area (Å²) in [7, 11) is 0. The summed E-state index contributed by atoms with van der Waals surface area (Å²) in [5, 5.41) is 28.6. The summed E-state index contributed by atoms with van der Waals surface area (Å²) in [6.07, 6.45) is -9.36. The van der Waals surface area contributed by atoms with Gasteiger partial charge in [-0.05, 0) is 61.2 Å². The molecule has 13 nitrogen and oxygen atoms in total. The number of carbonyl (C=O) groups excluding carboxylic acids is 1. The van der Waals surface area contributed by atoms with E-state index in [9.17, 15) is 44.3 Å². The number of alkyl halides is 9. The van der Waals surface area contributed by atoms with E-state index in [2.05, 4.69) is 33.2 Å². The highest BCUT2D eigenvalue weighted by Gasteiger charge is 2.58. The lowest BCUT2D eigenvalue weighted by Crippen LogP contribution is -2.30. The summed E-state index contributed by atoms with van der Waals surface area (Å²) in [6.45, 7) is 2.58. The molecule has 4 aromatic rings. The van der Waals surface area contributed by atoms with Gasteiger partial charge in [0.25, 0.3) is 18.9 Å². The summed E-state index contributed by atoms with van der Waals surface area (Å²) in [4.78, 5) is 49.6. The van der Waals surface area contributed by atoms with Gasteiger partial charge in [0, 0.05) is 18.3 Å². The standard InChI is InChI=1S/C25H26N6O.C2F6.C2HF3O2.2CH2O2/c1-2-6-18-9-11-19(12-10-18)25(32)28-22-17-31-23(27-22)13-14-24(29-31)30-16-5-8-21(30)20-7-3-4-15-26-20;3-1(4,5)2(6,7)8;3-2(4,5)1(6)7;2*2-1-3/h3-4,7,9-15,17,21H,2,5-6,8,16H2,1H3,(H,28,32);;(H,6,7);2*1H,(H,2,3). The second-order valence-corrected chi connectivity index (χ2v) is 10.1. The van der Waals surface area contributed by atoms with Gasteiger partial charge in [0.1, 0.15) is 5.82 Å². The van der Waals surface area contributed by atoms with Crippen LogP contribution in [0.25, 0.3) is 5.65 Å². The van der Waals surface area contributed by atoms with Crippen LogP contribution in [-0.2, 0) is 20.8 Å². The van der Waals surface area contributed by atoms with E-state index in [-0.39, 0.29) is 24.9 Å². The van der Waals surface area contributed by atoms with Crippen molar-refractivity contribution in [2.45, 2.75) is 57.2 Å². The van der Waals surface area contributed by atoms with Crippen molar-refractivity contribution in [3.63, 3.8) is 0 Å². The maximum atomic E-state index is 12.6. The van der Waals surface area contributed by atoms with E-state index in [1.807, 2.05) is 54.7 Å². The van der Waals surface area contributed by atoms with Gasteiger partial charge in [-0.15, -0.1) is 5.10 Å². The van der Waals surface area contributed by atoms with E-state index in [1.54, 1.807) is 10.7 Å². The average molecular weight is 771 g/mol. The molecule has 1 amide bonds. The fraction of sp³-hybridized carbons (Fsp3) is 0.323. The molecule has 5 rings (SSSR count). The van der Waals surface area contributed by atoms with Crippen LogP contribution in [0.1, 0.15) is 53.8 Å². The Labute approximate surface area is 293 Å². The van der Waals surface area contributed by atoms with Crippen molar-refractivity contribution in [1.82, 2.24) is 19.6 Å². The van der Waals surface area contributed by atoms with E-state index >= 15 is 0 Å². The van der Waals surface area contributed by atoms with E-state index in [4.69, 9.17) is 34.8 Å². The molecule has 290 valence electrons. The lowest BCUT2D eigenvalue weighted by molar-refractivity contribution is -0.339. The first-order valence-electron chi connectivity index (χ1n) is 14.8. The number of hydrogen-bond donors (Lipinski definition) is 4. The molecule has 22 heteroatoms. The Morgan fingerprint density at radius 3 is 1.94 bits per heavy atom. The maximum absolute atomic E-state index is 12.6. The van der Waals surface area contributed by atoms with Gasteiger partial charge >= 0.3 is 24.5 Å². The number of imidazole rings is 1. The van der Waals surface area contributed by atoms with Gasteiger partial charge in [-0.1, -0.05) is 31.5 Å². The van der Waals surface area contributed by atoms with Gasteiger partial charge in [-0.3, -0.25) is 19.4 Å². The molecule has 1 atom stereocenters. The number of nitrogens with zero attached hydrogens (tertiary/aromatic N) is 5. The van der Waals surface area contributed by atoms with Crippen molar-refractivity contribution in [2.24, 2.45) is 0 Å². The van der Waals surface area contributed by atoms with Crippen LogP contribution < -0.4 is 10.2 Å². The number of nitrogens with one attached hydrogen (secondary N) is 1. The number of amides is 1. The molecule has 3 aromatic heterocycles. The number of pyridine rings is 1. The predicted octanol–water partition coefficient (Wildman–Crippen LogP) is 6.82. The highest BCUT2D eigenvalue weighted by atomic mass is 19.5. The molecule has 0 spiro atoms. The Morgan fingerprint density at radius 2 is 1.47 bits per heavy atom. The van der Waals surface area contributed by atoms with Gasteiger partial charge in [0.2, 0.25) is 0 Å². The lowest BCUT2D eigenvalue weighted by Gasteiger charge is -2.25. The van der Waals surface area contributed by atoms with Crippen LogP contribution in [0.3, 0.4) is 0 Å². The summed E-state index contributed by atoms with van der Waals surface area (Å²) in [6, 6.07) is 17.9. The molecule has 1 aliphatic rings. The highest BCUT2D eigenvalue weighted by Crippen LogP contribution is 2.36. The molecular weight excluding hydrogens is 739 g/mol. The van der Waals surface area contributed by atoms with Crippen LogP contribution in [-0.4, -0.2) is 84.8 Å². The minimum absolute atomic E-state index is 0.175. The van der Waals surface area contributed by atoms with Crippen LogP contribution >= 0.6 is 0 Å². The van der Waals surface area contributed by atoms with Gasteiger partial charge in [-0.25, -0.2) is 14.3 Å². The minimum atomic E-state index is -6.06. The normalized spacial score (nSPS) is 13.7. The molecule has 1 saturated heterocycles. The van der Waals surface area contributed by atoms with Crippen LogP contribution in [0.15, 0.2) is 67.0 Å². The van der Waals surface area contributed by atoms with Crippen LogP contribution in [0.2, 0.25) is 0 Å². The first kappa shape index (κ1) is 45.1. The number of aromatic nitrogens is 4. The number of fused-ring (bicyclic) bond motifs is 1. The van der Waals surface area contributed by atoms with Crippen LogP contribution in [0, 0.1) is 0 Å². The summed E-state index contributed by atoms with van der Waals surface area (Å²) >= 11 is 0. The van der Waals surface area contributed by atoms with E-state index < -0.39 is 24.5 Å². The van der Waals surface area contributed by atoms with Crippen molar-refractivity contribution < 1.29 is 74.0 Å². The molecule has 0 bridgehead atoms. The minimum Gasteiger partial charge on any atom is -0.483 e. The quantitative estimate of drug-likeness (QED) is 0.119. The smallest absolute Gasteiger partial charge is 0.483 e. The third-order valence-electron chi connectivity index (χ3n) is 6.44. The predicted molar refractivity (Wildman–Crippen MR) is 168 cm³/mol. The molecule has 0 saturated carbocycles. The van der Waals surface area contributed by atoms with Crippen LogP contribution in [0.5, 0.6) is 0 Å². The Hall–Kier alpha value is -5.96. The van der Waals surface area contributed by atoms with Crippen molar-refractivity contribution >= 4 is 42.1 Å². The van der Waals surface area contributed by atoms with Gasteiger partial charge in [0.05, 0.1) is 17.9 Å². The van der Waals surface area contributed by atoms with Gasteiger partial charge in [0.15, 0.2) is 11.5 Å². The zero-order chi connectivity index (χ0) is 40.4. The van der Waals surface area contributed by atoms with E-state index in [1.165, 1.54) is 5.56 Å². The van der Waals surface area contributed by atoms with Gasteiger partial charge in [-0.2, -0.15) is 39.5 Å². The number of aliphatic carboxylic acids is 1. The number of carboxylic acids is 1. The lowest BCUT2D eigenvalue weighted by atomic mass is 10.1. The van der Waals surface area contributed by atoms with Crippen LogP contribution in [0.4, 0.5) is 51.1 Å². The monoisotopic (exact) mass is 770 g/mol. The second kappa shape index (κ2) is 20.8. The molecular formula is C31H31F9N6O7. The first-order chi connectivity index (χ1) is 24.7. The first-order valence-corrected chi connectivity index (χ1v) is 14.8. The molecule has 0 radical (unpaired) electrons. The van der Waals surface area contributed by atoms with Crippen molar-refractivity contribution in [2.75, 3.05) is 16.8 Å². The van der Waals surface area contributed by atoms with E-state index in [0.717, 1.165) is 43.7 Å². The zero-order valence-corrected chi connectivity index (χ0v) is 27.2. The number of benzene rings is 1. The summed E-state index contributed by atoms with van der Waals surface area (Å²) in [5.41, 5.74) is 3.61. The molecule has 4 N–H and O–H groups in total. The Kier molecular flexibility index (Phi) is 17.7. The number of rotatable bonds is 6. The largest absolute Gasteiger partial charge is 0.490 e. The molecule has 1 fully saturated rings. The third-order valence-corrected chi connectivity index (χ3v) is 6.44. The van der Waals surface area contributed by atoms with Crippen molar-refractivity contribution in [3.05, 3.63) is 83.8 Å². The van der Waals surface area contributed by atoms with Crippen molar-refractivity contribution in [1.29, 1.82) is 0 Å².